The lowest BCUT2D eigenvalue weighted by Gasteiger charge is -2.39. The third-order valence-electron chi connectivity index (χ3n) is 3.58. The second-order valence-corrected chi connectivity index (χ2v) is 5.05. The average Bonchev–Trinajstić information content (AvgIpc) is 2.80. The van der Waals surface area contributed by atoms with Gasteiger partial charge in [0.15, 0.2) is 11.6 Å². The van der Waals surface area contributed by atoms with Gasteiger partial charge in [0, 0.05) is 19.2 Å². The molecule has 1 aromatic heterocycles. The molecule has 0 radical (unpaired) electrons. The van der Waals surface area contributed by atoms with Crippen molar-refractivity contribution in [2.24, 2.45) is 0 Å². The maximum atomic E-state index is 5.79. The maximum Gasteiger partial charge on any atom is 0.186 e. The van der Waals surface area contributed by atoms with Gasteiger partial charge < -0.3 is 14.4 Å². The zero-order chi connectivity index (χ0) is 12.6. The predicted molar refractivity (Wildman–Crippen MR) is 67.6 cm³/mol. The minimum absolute atomic E-state index is 0.407. The molecule has 5 nitrogen and oxygen atoms in total. The van der Waals surface area contributed by atoms with Crippen LogP contribution in [-0.2, 0) is 9.47 Å². The molecule has 0 atom stereocenters. The summed E-state index contributed by atoms with van der Waals surface area (Å²) in [5.41, 5.74) is 1.92. The first-order chi connectivity index (χ1) is 8.69. The zero-order valence-corrected chi connectivity index (χ0v) is 11.0. The number of piperidine rings is 1. The summed E-state index contributed by atoms with van der Waals surface area (Å²) in [7, 11) is 0. The van der Waals surface area contributed by atoms with Crippen LogP contribution in [0.25, 0.3) is 0 Å². The highest BCUT2D eigenvalue weighted by Gasteiger charge is 2.41. The molecule has 2 aliphatic heterocycles. The predicted octanol–water partition coefficient (Wildman–Crippen LogP) is 1.44. The van der Waals surface area contributed by atoms with Gasteiger partial charge in [-0.25, -0.2) is 4.98 Å². The number of nitrogens with zero attached hydrogens (tertiary/aromatic N) is 3. The monoisotopic (exact) mass is 249 g/mol. The van der Waals surface area contributed by atoms with Gasteiger partial charge in [0.05, 0.1) is 31.1 Å². The molecule has 1 aromatic rings. The first kappa shape index (κ1) is 11.9. The van der Waals surface area contributed by atoms with E-state index < -0.39 is 5.79 Å². The highest BCUT2D eigenvalue weighted by molar-refractivity contribution is 5.44. The highest BCUT2D eigenvalue weighted by atomic mass is 16.7. The van der Waals surface area contributed by atoms with Crippen LogP contribution in [0.1, 0.15) is 24.2 Å². The smallest absolute Gasteiger partial charge is 0.186 e. The SMILES string of the molecule is Cc1cnc(C)c(N2CCCC3(C2)OCCO3)n1. The van der Waals surface area contributed by atoms with E-state index in [-0.39, 0.29) is 0 Å². The van der Waals surface area contributed by atoms with Gasteiger partial charge in [-0.15, -0.1) is 0 Å². The Hall–Kier alpha value is -1.20. The largest absolute Gasteiger partial charge is 0.350 e. The van der Waals surface area contributed by atoms with Gasteiger partial charge in [-0.3, -0.25) is 4.98 Å². The fraction of sp³-hybridized carbons (Fsp3) is 0.692. The molecule has 18 heavy (non-hydrogen) atoms. The lowest BCUT2D eigenvalue weighted by Crippen LogP contribution is -2.49. The standard InChI is InChI=1S/C13H19N3O2/c1-10-8-14-11(2)12(15-10)16-5-3-4-13(9-16)17-6-7-18-13/h8H,3-7,9H2,1-2H3. The van der Waals surface area contributed by atoms with Crippen molar-refractivity contribution in [3.05, 3.63) is 17.6 Å². The van der Waals surface area contributed by atoms with Gasteiger partial charge in [-0.2, -0.15) is 0 Å². The Morgan fingerprint density at radius 3 is 2.83 bits per heavy atom. The molecule has 1 spiro atoms. The summed E-state index contributed by atoms with van der Waals surface area (Å²) in [5.74, 6) is 0.559. The Bertz CT molecular complexity index is 444. The van der Waals surface area contributed by atoms with Crippen molar-refractivity contribution in [1.29, 1.82) is 0 Å². The lowest BCUT2D eigenvalue weighted by molar-refractivity contribution is -0.161. The first-order valence-electron chi connectivity index (χ1n) is 6.52. The van der Waals surface area contributed by atoms with E-state index in [1.54, 1.807) is 6.20 Å². The molecule has 0 unspecified atom stereocenters. The Morgan fingerprint density at radius 1 is 1.28 bits per heavy atom. The van der Waals surface area contributed by atoms with Crippen molar-refractivity contribution in [3.8, 4) is 0 Å². The summed E-state index contributed by atoms with van der Waals surface area (Å²) in [4.78, 5) is 11.2. The van der Waals surface area contributed by atoms with Crippen LogP contribution >= 0.6 is 0 Å². The fourth-order valence-electron chi connectivity index (χ4n) is 2.73. The summed E-state index contributed by atoms with van der Waals surface area (Å²) in [6.45, 7) is 7.12. The molecule has 5 heteroatoms. The molecule has 0 aliphatic carbocycles. The number of rotatable bonds is 1. The summed E-state index contributed by atoms with van der Waals surface area (Å²) >= 11 is 0. The van der Waals surface area contributed by atoms with E-state index in [1.807, 2.05) is 13.8 Å². The molecule has 0 N–H and O–H groups in total. The molecule has 2 fully saturated rings. The Labute approximate surface area is 107 Å². The normalized spacial score (nSPS) is 22.7. The molecule has 0 amide bonds. The van der Waals surface area contributed by atoms with Crippen molar-refractivity contribution in [3.63, 3.8) is 0 Å². The van der Waals surface area contributed by atoms with Crippen LogP contribution in [0.5, 0.6) is 0 Å². The molecular formula is C13H19N3O2. The minimum Gasteiger partial charge on any atom is -0.350 e. The van der Waals surface area contributed by atoms with Crippen LogP contribution in [0.4, 0.5) is 5.82 Å². The summed E-state index contributed by atoms with van der Waals surface area (Å²) in [5, 5.41) is 0. The molecule has 3 heterocycles. The number of ether oxygens (including phenoxy) is 2. The van der Waals surface area contributed by atoms with E-state index in [0.717, 1.165) is 43.1 Å². The van der Waals surface area contributed by atoms with Crippen LogP contribution in [0.2, 0.25) is 0 Å². The summed E-state index contributed by atoms with van der Waals surface area (Å²) in [6, 6.07) is 0. The third kappa shape index (κ3) is 2.08. The number of anilines is 1. The molecule has 0 saturated carbocycles. The molecule has 3 rings (SSSR count). The number of aryl methyl sites for hydroxylation is 2. The Balaban J connectivity index is 1.85. The number of hydrogen-bond donors (Lipinski definition) is 0. The van der Waals surface area contributed by atoms with Crippen LogP contribution in [0.15, 0.2) is 6.20 Å². The van der Waals surface area contributed by atoms with Crippen molar-refractivity contribution < 1.29 is 9.47 Å². The second-order valence-electron chi connectivity index (χ2n) is 5.05. The van der Waals surface area contributed by atoms with Gasteiger partial charge in [-0.1, -0.05) is 0 Å². The molecule has 0 bridgehead atoms. The molecule has 2 saturated heterocycles. The van der Waals surface area contributed by atoms with E-state index >= 15 is 0 Å². The van der Waals surface area contributed by atoms with Crippen LogP contribution < -0.4 is 4.90 Å². The third-order valence-corrected chi connectivity index (χ3v) is 3.58. The van der Waals surface area contributed by atoms with Gasteiger partial charge in [0.2, 0.25) is 0 Å². The van der Waals surface area contributed by atoms with E-state index in [1.165, 1.54) is 0 Å². The molecule has 0 aromatic carbocycles. The quantitative estimate of drug-likeness (QED) is 0.753. The van der Waals surface area contributed by atoms with Gasteiger partial charge in [0.25, 0.3) is 0 Å². The van der Waals surface area contributed by atoms with Gasteiger partial charge >= 0.3 is 0 Å². The first-order valence-corrected chi connectivity index (χ1v) is 6.52. The van der Waals surface area contributed by atoms with Crippen LogP contribution in [0, 0.1) is 13.8 Å². The van der Waals surface area contributed by atoms with E-state index in [4.69, 9.17) is 9.47 Å². The Morgan fingerprint density at radius 2 is 2.06 bits per heavy atom. The molecule has 2 aliphatic rings. The Kier molecular flexibility index (Phi) is 2.95. The van der Waals surface area contributed by atoms with Crippen molar-refractivity contribution in [1.82, 2.24) is 9.97 Å². The summed E-state index contributed by atoms with van der Waals surface area (Å²) < 4.78 is 11.6. The van der Waals surface area contributed by atoms with Crippen molar-refractivity contribution >= 4 is 5.82 Å². The summed E-state index contributed by atoms with van der Waals surface area (Å²) in [6.07, 6.45) is 3.85. The van der Waals surface area contributed by atoms with Crippen molar-refractivity contribution in [2.75, 3.05) is 31.2 Å². The number of aromatic nitrogens is 2. The second kappa shape index (κ2) is 4.48. The van der Waals surface area contributed by atoms with Crippen molar-refractivity contribution in [2.45, 2.75) is 32.5 Å². The lowest BCUT2D eigenvalue weighted by atomic mass is 10.0. The van der Waals surface area contributed by atoms with Crippen LogP contribution in [-0.4, -0.2) is 42.1 Å². The molecular weight excluding hydrogens is 230 g/mol. The average molecular weight is 249 g/mol. The van der Waals surface area contributed by atoms with Crippen LogP contribution in [0.3, 0.4) is 0 Å². The highest BCUT2D eigenvalue weighted by Crippen LogP contribution is 2.32. The maximum absolute atomic E-state index is 5.79. The van der Waals surface area contributed by atoms with E-state index in [9.17, 15) is 0 Å². The molecule has 98 valence electrons. The van der Waals surface area contributed by atoms with Gasteiger partial charge in [0.1, 0.15) is 0 Å². The topological polar surface area (TPSA) is 47.5 Å². The van der Waals surface area contributed by atoms with E-state index in [2.05, 4.69) is 14.9 Å². The fourth-order valence-corrected chi connectivity index (χ4v) is 2.73. The zero-order valence-electron chi connectivity index (χ0n) is 11.0. The van der Waals surface area contributed by atoms with E-state index in [0.29, 0.717) is 13.2 Å². The minimum atomic E-state index is -0.407. The van der Waals surface area contributed by atoms with Gasteiger partial charge in [-0.05, 0) is 20.3 Å². The number of hydrogen-bond acceptors (Lipinski definition) is 5.